The predicted octanol–water partition coefficient (Wildman–Crippen LogP) is 4.31. The first kappa shape index (κ1) is 17.8. The normalized spacial score (nSPS) is 34.6. The second kappa shape index (κ2) is 5.74. The van der Waals surface area contributed by atoms with Gasteiger partial charge in [0.15, 0.2) is 0 Å². The Morgan fingerprint density at radius 1 is 1.12 bits per heavy atom. The molecule has 1 aromatic carbocycles. The maximum atomic E-state index is 11.0. The minimum Gasteiger partial charge on any atom is -0.496 e. The summed E-state index contributed by atoms with van der Waals surface area (Å²) >= 11 is 0. The minimum absolute atomic E-state index is 0.00897. The molecule has 1 fully saturated rings. The molecule has 4 atom stereocenters. The van der Waals surface area contributed by atoms with Gasteiger partial charge in [0, 0.05) is 5.92 Å². The van der Waals surface area contributed by atoms with E-state index in [9.17, 15) is 10.2 Å². The second-order valence-corrected chi connectivity index (χ2v) is 9.01. The summed E-state index contributed by atoms with van der Waals surface area (Å²) in [6.07, 6.45) is 1.75. The van der Waals surface area contributed by atoms with Gasteiger partial charge in [-0.2, -0.15) is 0 Å². The topological polar surface area (TPSA) is 49.7 Å². The fourth-order valence-electron chi connectivity index (χ4n) is 5.57. The summed E-state index contributed by atoms with van der Waals surface area (Å²) in [4.78, 5) is 0. The van der Waals surface area contributed by atoms with Gasteiger partial charge in [0.1, 0.15) is 11.9 Å². The Morgan fingerprint density at radius 3 is 2.38 bits per heavy atom. The van der Waals surface area contributed by atoms with Gasteiger partial charge in [0.25, 0.3) is 0 Å². The number of ether oxygens (including phenoxy) is 1. The molecule has 0 aliphatic heterocycles. The molecular formula is C21H32O3. The zero-order chi connectivity index (χ0) is 17.9. The van der Waals surface area contributed by atoms with Crippen LogP contribution in [0.3, 0.4) is 0 Å². The van der Waals surface area contributed by atoms with Crippen LogP contribution in [0, 0.1) is 11.3 Å². The van der Waals surface area contributed by atoms with Crippen LogP contribution >= 0.6 is 0 Å². The van der Waals surface area contributed by atoms with Crippen LogP contribution in [-0.4, -0.2) is 23.4 Å². The molecule has 134 valence electrons. The zero-order valence-electron chi connectivity index (χ0n) is 15.9. The van der Waals surface area contributed by atoms with Crippen molar-refractivity contribution in [1.29, 1.82) is 0 Å². The number of aliphatic hydroxyl groups is 2. The lowest BCUT2D eigenvalue weighted by Crippen LogP contribution is -2.55. The highest BCUT2D eigenvalue weighted by molar-refractivity contribution is 5.51. The van der Waals surface area contributed by atoms with Crippen molar-refractivity contribution in [3.8, 4) is 5.75 Å². The Bertz CT molecular complexity index is 634. The van der Waals surface area contributed by atoms with E-state index in [0.29, 0.717) is 5.92 Å². The predicted molar refractivity (Wildman–Crippen MR) is 96.5 cm³/mol. The Kier molecular flexibility index (Phi) is 4.25. The highest BCUT2D eigenvalue weighted by Crippen LogP contribution is 2.59. The molecule has 0 saturated heterocycles. The molecule has 2 N–H and O–H groups in total. The monoisotopic (exact) mass is 332 g/mol. The fourth-order valence-corrected chi connectivity index (χ4v) is 5.57. The van der Waals surface area contributed by atoms with Gasteiger partial charge in [0.2, 0.25) is 0 Å². The van der Waals surface area contributed by atoms with Crippen LogP contribution in [0.5, 0.6) is 5.75 Å². The van der Waals surface area contributed by atoms with E-state index in [1.54, 1.807) is 7.11 Å². The summed E-state index contributed by atoms with van der Waals surface area (Å²) in [6, 6.07) is 4.20. The molecule has 0 aromatic heterocycles. The molecule has 3 rings (SSSR count). The van der Waals surface area contributed by atoms with Crippen LogP contribution in [0.2, 0.25) is 0 Å². The van der Waals surface area contributed by atoms with E-state index >= 15 is 0 Å². The van der Waals surface area contributed by atoms with Crippen LogP contribution in [0.4, 0.5) is 0 Å². The lowest BCUT2D eigenvalue weighted by molar-refractivity contribution is -0.113. The first-order chi connectivity index (χ1) is 11.1. The molecule has 3 heteroatoms. The first-order valence-corrected chi connectivity index (χ1v) is 9.22. The van der Waals surface area contributed by atoms with Crippen molar-refractivity contribution in [2.24, 2.45) is 11.3 Å². The summed E-state index contributed by atoms with van der Waals surface area (Å²) in [7, 11) is 1.71. The van der Waals surface area contributed by atoms with Crippen LogP contribution < -0.4 is 4.74 Å². The van der Waals surface area contributed by atoms with Crippen LogP contribution in [0.1, 0.15) is 82.6 Å². The summed E-state index contributed by atoms with van der Waals surface area (Å²) in [5.74, 6) is 1.26. The number of hydrogen-bond donors (Lipinski definition) is 2. The number of methoxy groups -OCH3 is 1. The summed E-state index contributed by atoms with van der Waals surface area (Å²) in [5.41, 5.74) is 3.04. The Hall–Kier alpha value is -1.06. The number of hydrogen-bond acceptors (Lipinski definition) is 3. The van der Waals surface area contributed by atoms with Crippen LogP contribution in [-0.2, 0) is 5.41 Å². The van der Waals surface area contributed by atoms with Crippen molar-refractivity contribution in [3.63, 3.8) is 0 Å². The molecule has 1 aromatic rings. The van der Waals surface area contributed by atoms with Crippen molar-refractivity contribution in [1.82, 2.24) is 0 Å². The average Bonchev–Trinajstić information content (AvgIpc) is 2.50. The Labute approximate surface area is 146 Å². The van der Waals surface area contributed by atoms with Gasteiger partial charge in [-0.25, -0.2) is 0 Å². The van der Waals surface area contributed by atoms with Gasteiger partial charge in [-0.3, -0.25) is 0 Å². The third kappa shape index (κ3) is 2.40. The molecule has 2 aliphatic rings. The molecule has 0 amide bonds. The lowest BCUT2D eigenvalue weighted by atomic mass is 9.49. The van der Waals surface area contributed by atoms with E-state index in [1.807, 2.05) is 0 Å². The highest BCUT2D eigenvalue weighted by atomic mass is 16.5. The number of rotatable bonds is 2. The van der Waals surface area contributed by atoms with E-state index in [0.717, 1.165) is 36.1 Å². The highest BCUT2D eigenvalue weighted by Gasteiger charge is 2.56. The van der Waals surface area contributed by atoms with Gasteiger partial charge in [-0.05, 0) is 58.4 Å². The molecule has 0 unspecified atom stereocenters. The van der Waals surface area contributed by atoms with Crippen molar-refractivity contribution >= 4 is 0 Å². The van der Waals surface area contributed by atoms with Gasteiger partial charge in [0.05, 0.1) is 13.2 Å². The lowest BCUT2D eigenvalue weighted by Gasteiger charge is -2.57. The maximum absolute atomic E-state index is 11.0. The molecule has 0 radical (unpaired) electrons. The zero-order valence-corrected chi connectivity index (χ0v) is 15.9. The standard InChI is InChI=1S/C21H32O3/c1-12(2)13-10-14-15(11-16(13)24-6)21(5)9-7-8-20(3,4)19(21)18(23)17(14)22/h10-12,17-19,22-23H,7-9H2,1-6H3/t17-,18+,19+,21-/m1/s1. The Balaban J connectivity index is 2.25. The molecular weight excluding hydrogens is 300 g/mol. The molecule has 0 spiro atoms. The quantitative estimate of drug-likeness (QED) is 0.848. The van der Waals surface area contributed by atoms with Gasteiger partial charge in [-0.1, -0.05) is 41.0 Å². The van der Waals surface area contributed by atoms with Crippen molar-refractivity contribution in [2.75, 3.05) is 7.11 Å². The molecule has 3 nitrogen and oxygen atoms in total. The fraction of sp³-hybridized carbons (Fsp3) is 0.714. The van der Waals surface area contributed by atoms with E-state index in [1.165, 1.54) is 5.56 Å². The van der Waals surface area contributed by atoms with Crippen LogP contribution in [0.15, 0.2) is 12.1 Å². The number of aliphatic hydroxyl groups excluding tert-OH is 2. The van der Waals surface area contributed by atoms with Gasteiger partial charge in [-0.15, -0.1) is 0 Å². The Morgan fingerprint density at radius 2 is 1.79 bits per heavy atom. The SMILES string of the molecule is COc1cc2c(cc1C(C)C)[C@@H](O)[C@H](O)[C@H]1C(C)(C)CCC[C@]21C. The summed E-state index contributed by atoms with van der Waals surface area (Å²) in [5, 5.41) is 21.9. The molecule has 1 saturated carbocycles. The average molecular weight is 332 g/mol. The second-order valence-electron chi connectivity index (χ2n) is 9.01. The van der Waals surface area contributed by atoms with Crippen molar-refractivity contribution in [3.05, 3.63) is 28.8 Å². The van der Waals surface area contributed by atoms with Gasteiger partial charge < -0.3 is 14.9 Å². The van der Waals surface area contributed by atoms with Crippen molar-refractivity contribution in [2.45, 2.75) is 77.4 Å². The van der Waals surface area contributed by atoms with Gasteiger partial charge >= 0.3 is 0 Å². The molecule has 0 bridgehead atoms. The molecule has 24 heavy (non-hydrogen) atoms. The summed E-state index contributed by atoms with van der Waals surface area (Å²) in [6.45, 7) is 11.0. The third-order valence-electron chi connectivity index (χ3n) is 6.67. The van der Waals surface area contributed by atoms with E-state index in [-0.39, 0.29) is 16.7 Å². The minimum atomic E-state index is -0.821. The van der Waals surface area contributed by atoms with E-state index in [4.69, 9.17) is 4.74 Å². The first-order valence-electron chi connectivity index (χ1n) is 9.22. The smallest absolute Gasteiger partial charge is 0.122 e. The number of fused-ring (bicyclic) bond motifs is 3. The molecule has 2 aliphatic carbocycles. The van der Waals surface area contributed by atoms with Crippen LogP contribution in [0.25, 0.3) is 0 Å². The summed E-state index contributed by atoms with van der Waals surface area (Å²) < 4.78 is 5.67. The largest absolute Gasteiger partial charge is 0.496 e. The maximum Gasteiger partial charge on any atom is 0.122 e. The number of benzene rings is 1. The van der Waals surface area contributed by atoms with E-state index in [2.05, 4.69) is 46.8 Å². The van der Waals surface area contributed by atoms with Crippen molar-refractivity contribution < 1.29 is 14.9 Å². The third-order valence-corrected chi connectivity index (χ3v) is 6.67. The molecule has 0 heterocycles. The van der Waals surface area contributed by atoms with E-state index < -0.39 is 12.2 Å².